The Labute approximate surface area is 165 Å². The van der Waals surface area contributed by atoms with Crippen LogP contribution in [0.3, 0.4) is 0 Å². The molecule has 0 aliphatic heterocycles. The first-order valence-corrected chi connectivity index (χ1v) is 8.73. The Morgan fingerprint density at radius 3 is 2.63 bits per heavy atom. The maximum Gasteiger partial charge on any atom is 0.264 e. The van der Waals surface area contributed by atoms with Crippen molar-refractivity contribution in [1.29, 1.82) is 5.26 Å². The Morgan fingerprint density at radius 2 is 2.04 bits per heavy atom. The van der Waals surface area contributed by atoms with Gasteiger partial charge in [0, 0.05) is 18.6 Å². The summed E-state index contributed by atoms with van der Waals surface area (Å²) in [6.45, 7) is 0.165. The molecule has 27 heavy (non-hydrogen) atoms. The second-order valence-electron chi connectivity index (χ2n) is 5.81. The maximum absolute atomic E-state index is 13.3. The van der Waals surface area contributed by atoms with Gasteiger partial charge in [0.1, 0.15) is 24.1 Å². The second kappa shape index (κ2) is 9.19. The fourth-order valence-electron chi connectivity index (χ4n) is 2.26. The molecule has 0 unspecified atom stereocenters. The van der Waals surface area contributed by atoms with Crippen molar-refractivity contribution in [3.8, 4) is 17.6 Å². The minimum absolute atomic E-state index is 0.00354. The number of methoxy groups -OCH3 is 1. The first kappa shape index (κ1) is 20.5. The first-order valence-electron chi connectivity index (χ1n) is 7.94. The lowest BCUT2D eigenvalue weighted by Crippen LogP contribution is -2.22. The predicted molar refractivity (Wildman–Crippen MR) is 104 cm³/mol. The Kier molecular flexibility index (Phi) is 6.97. The van der Waals surface area contributed by atoms with Gasteiger partial charge in [-0.3, -0.25) is 4.79 Å². The average molecular weight is 433 g/mol. The molecule has 0 saturated heterocycles. The second-order valence-corrected chi connectivity index (χ2v) is 6.67. The lowest BCUT2D eigenvalue weighted by molar-refractivity contribution is -0.124. The van der Waals surface area contributed by atoms with Gasteiger partial charge in [-0.05, 0) is 41.5 Å². The number of benzene rings is 2. The smallest absolute Gasteiger partial charge is 0.264 e. The van der Waals surface area contributed by atoms with Gasteiger partial charge in [-0.25, -0.2) is 4.39 Å². The highest BCUT2D eigenvalue weighted by molar-refractivity contribution is 9.10. The quantitative estimate of drug-likeness (QED) is 0.507. The normalized spacial score (nSPS) is 10.9. The van der Waals surface area contributed by atoms with E-state index >= 15 is 0 Å². The molecule has 0 fully saturated rings. The van der Waals surface area contributed by atoms with E-state index in [0.717, 1.165) is 0 Å². The number of nitrogens with zero attached hydrogens (tertiary/aromatic N) is 2. The van der Waals surface area contributed by atoms with Crippen LogP contribution in [0.5, 0.6) is 11.5 Å². The Balaban J connectivity index is 2.31. The molecular weight excluding hydrogens is 415 g/mol. The third-order valence-corrected chi connectivity index (χ3v) is 4.31. The molecule has 0 aliphatic carbocycles. The molecule has 0 heterocycles. The topological polar surface area (TPSA) is 62.6 Å². The molecule has 0 aliphatic rings. The summed E-state index contributed by atoms with van der Waals surface area (Å²) in [5, 5.41) is 9.24. The van der Waals surface area contributed by atoms with E-state index in [2.05, 4.69) is 15.9 Å². The number of rotatable bonds is 6. The molecule has 140 valence electrons. The van der Waals surface area contributed by atoms with Gasteiger partial charge in [-0.1, -0.05) is 28.1 Å². The van der Waals surface area contributed by atoms with Crippen LogP contribution in [0, 0.1) is 17.1 Å². The summed E-state index contributed by atoms with van der Waals surface area (Å²) < 4.78 is 25.0. The molecule has 0 N–H and O–H groups in total. The van der Waals surface area contributed by atoms with E-state index in [-0.39, 0.29) is 18.0 Å². The summed E-state index contributed by atoms with van der Waals surface area (Å²) in [6.07, 6.45) is 1.48. The van der Waals surface area contributed by atoms with Gasteiger partial charge in [0.2, 0.25) is 0 Å². The van der Waals surface area contributed by atoms with Crippen LogP contribution in [0.4, 0.5) is 4.39 Å². The summed E-state index contributed by atoms with van der Waals surface area (Å²) in [4.78, 5) is 13.4. The van der Waals surface area contributed by atoms with Crippen LogP contribution in [0.1, 0.15) is 11.1 Å². The van der Waals surface area contributed by atoms with Gasteiger partial charge in [0.05, 0.1) is 7.11 Å². The molecule has 2 aromatic rings. The van der Waals surface area contributed by atoms with Gasteiger partial charge < -0.3 is 14.4 Å². The van der Waals surface area contributed by atoms with Crippen molar-refractivity contribution in [2.45, 2.75) is 6.61 Å². The van der Waals surface area contributed by atoms with Crippen molar-refractivity contribution >= 4 is 27.9 Å². The summed E-state index contributed by atoms with van der Waals surface area (Å²) in [5.74, 6) is 0.146. The number of carbonyl (C=O) groups is 1. The highest BCUT2D eigenvalue weighted by atomic mass is 79.9. The summed E-state index contributed by atoms with van der Waals surface area (Å²) >= 11 is 3.42. The van der Waals surface area contributed by atoms with Crippen LogP contribution < -0.4 is 9.47 Å². The Hall–Kier alpha value is -2.85. The lowest BCUT2D eigenvalue weighted by Gasteiger charge is -2.14. The molecule has 2 rings (SSSR count). The summed E-state index contributed by atoms with van der Waals surface area (Å²) in [7, 11) is 4.64. The molecule has 7 heteroatoms. The SMILES string of the molecule is COc1cc(/C=C(/C#N)C(=O)N(C)C)c(Br)cc1OCc1cccc(F)c1. The van der Waals surface area contributed by atoms with Crippen LogP contribution in [-0.4, -0.2) is 32.0 Å². The van der Waals surface area contributed by atoms with Crippen LogP contribution >= 0.6 is 15.9 Å². The van der Waals surface area contributed by atoms with E-state index < -0.39 is 5.91 Å². The highest BCUT2D eigenvalue weighted by Gasteiger charge is 2.14. The van der Waals surface area contributed by atoms with E-state index in [1.165, 1.54) is 30.2 Å². The van der Waals surface area contributed by atoms with Crippen LogP contribution in [0.2, 0.25) is 0 Å². The van der Waals surface area contributed by atoms with Gasteiger partial charge in [0.15, 0.2) is 11.5 Å². The van der Waals surface area contributed by atoms with E-state index in [4.69, 9.17) is 9.47 Å². The zero-order chi connectivity index (χ0) is 20.0. The molecule has 2 aromatic carbocycles. The molecule has 0 aromatic heterocycles. The number of hydrogen-bond donors (Lipinski definition) is 0. The lowest BCUT2D eigenvalue weighted by atomic mass is 10.1. The van der Waals surface area contributed by atoms with E-state index in [9.17, 15) is 14.4 Å². The number of ether oxygens (including phenoxy) is 2. The van der Waals surface area contributed by atoms with Crippen molar-refractivity contribution in [3.63, 3.8) is 0 Å². The molecule has 0 atom stereocenters. The Morgan fingerprint density at radius 1 is 1.30 bits per heavy atom. The number of hydrogen-bond acceptors (Lipinski definition) is 4. The monoisotopic (exact) mass is 432 g/mol. The number of halogens is 2. The minimum Gasteiger partial charge on any atom is -0.493 e. The third kappa shape index (κ3) is 5.31. The van der Waals surface area contributed by atoms with E-state index in [1.54, 1.807) is 38.4 Å². The fourth-order valence-corrected chi connectivity index (χ4v) is 2.70. The number of amides is 1. The zero-order valence-electron chi connectivity index (χ0n) is 15.1. The molecule has 5 nitrogen and oxygen atoms in total. The van der Waals surface area contributed by atoms with E-state index in [0.29, 0.717) is 27.1 Å². The van der Waals surface area contributed by atoms with Gasteiger partial charge >= 0.3 is 0 Å². The standard InChI is InChI=1S/C20H18BrFN2O3/c1-24(2)20(25)15(11-23)8-14-9-18(26-3)19(10-17(14)21)27-12-13-5-4-6-16(22)7-13/h4-10H,12H2,1-3H3/b15-8-. The van der Waals surface area contributed by atoms with Crippen molar-refractivity contribution in [3.05, 3.63) is 63.4 Å². The molecule has 0 bridgehead atoms. The van der Waals surface area contributed by atoms with Gasteiger partial charge in [0.25, 0.3) is 5.91 Å². The summed E-state index contributed by atoms with van der Waals surface area (Å²) in [5.41, 5.74) is 1.27. The largest absolute Gasteiger partial charge is 0.493 e. The Bertz CT molecular complexity index is 920. The van der Waals surface area contributed by atoms with Crippen molar-refractivity contribution in [2.75, 3.05) is 21.2 Å². The van der Waals surface area contributed by atoms with Crippen molar-refractivity contribution < 1.29 is 18.7 Å². The maximum atomic E-state index is 13.3. The number of carbonyl (C=O) groups excluding carboxylic acids is 1. The zero-order valence-corrected chi connectivity index (χ0v) is 16.7. The minimum atomic E-state index is -0.394. The average Bonchev–Trinajstić information content (AvgIpc) is 2.65. The third-order valence-electron chi connectivity index (χ3n) is 3.62. The van der Waals surface area contributed by atoms with Gasteiger partial charge in [-0.15, -0.1) is 0 Å². The molecule has 0 spiro atoms. The van der Waals surface area contributed by atoms with Crippen LogP contribution in [0.25, 0.3) is 6.08 Å². The van der Waals surface area contributed by atoms with Crippen LogP contribution in [-0.2, 0) is 11.4 Å². The molecular formula is C20H18BrFN2O3. The van der Waals surface area contributed by atoms with Crippen LogP contribution in [0.15, 0.2) is 46.4 Å². The van der Waals surface area contributed by atoms with Gasteiger partial charge in [-0.2, -0.15) is 5.26 Å². The van der Waals surface area contributed by atoms with E-state index in [1.807, 2.05) is 6.07 Å². The molecule has 0 radical (unpaired) electrons. The highest BCUT2D eigenvalue weighted by Crippen LogP contribution is 2.35. The van der Waals surface area contributed by atoms with Crippen molar-refractivity contribution in [1.82, 2.24) is 4.90 Å². The van der Waals surface area contributed by atoms with Crippen molar-refractivity contribution in [2.24, 2.45) is 0 Å². The number of likely N-dealkylation sites (N-methyl/N-ethyl adjacent to an activating group) is 1. The summed E-state index contributed by atoms with van der Waals surface area (Å²) in [6, 6.07) is 11.4. The molecule has 0 saturated carbocycles. The fraction of sp³-hybridized carbons (Fsp3) is 0.200. The first-order chi connectivity index (χ1) is 12.8. The molecule has 1 amide bonds. The predicted octanol–water partition coefficient (Wildman–Crippen LogP) is 4.17. The number of nitriles is 1.